The van der Waals surface area contributed by atoms with Gasteiger partial charge in [0.1, 0.15) is 6.61 Å². The lowest BCUT2D eigenvalue weighted by Crippen LogP contribution is -2.28. The summed E-state index contributed by atoms with van der Waals surface area (Å²) in [5.41, 5.74) is 0. The van der Waals surface area contributed by atoms with Gasteiger partial charge in [0.2, 0.25) is 0 Å². The van der Waals surface area contributed by atoms with Crippen molar-refractivity contribution in [3.8, 4) is 0 Å². The van der Waals surface area contributed by atoms with E-state index < -0.39 is 6.10 Å². The molecule has 364 valence electrons. The summed E-state index contributed by atoms with van der Waals surface area (Å²) in [5, 5.41) is 9.62. The Morgan fingerprint density at radius 2 is 0.621 bits per heavy atom. The molecule has 5 heteroatoms. The van der Waals surface area contributed by atoms with Crippen LogP contribution in [-0.2, 0) is 19.1 Å². The van der Waals surface area contributed by atoms with Crippen LogP contribution in [-0.4, -0.2) is 36.4 Å². The molecular formula is C61H90O5. The number of rotatable bonds is 43. The summed E-state index contributed by atoms with van der Waals surface area (Å²) in [4.78, 5) is 24.4. The number of hydrogen-bond donors (Lipinski definition) is 1. The Balaban J connectivity index is 3.78. The summed E-state index contributed by atoms with van der Waals surface area (Å²) in [7, 11) is 0. The van der Waals surface area contributed by atoms with Crippen molar-refractivity contribution in [1.29, 1.82) is 0 Å². The van der Waals surface area contributed by atoms with Crippen LogP contribution in [0.1, 0.15) is 168 Å². The molecule has 0 amide bonds. The second kappa shape index (κ2) is 54.3. The number of hydrogen-bond acceptors (Lipinski definition) is 5. The summed E-state index contributed by atoms with van der Waals surface area (Å²) in [6.07, 6.45) is 86.9. The fraction of sp³-hybridized carbons (Fsp3) is 0.475. The first-order valence-electron chi connectivity index (χ1n) is 25.3. The Kier molecular flexibility index (Phi) is 50.2. The van der Waals surface area contributed by atoms with Gasteiger partial charge in [-0.25, -0.2) is 0 Å². The van der Waals surface area contributed by atoms with Crippen molar-refractivity contribution < 1.29 is 24.2 Å². The number of aliphatic hydroxyl groups excluding tert-OH is 1. The minimum absolute atomic E-state index is 0.117. The van der Waals surface area contributed by atoms with Gasteiger partial charge < -0.3 is 14.6 Å². The molecule has 0 aromatic rings. The lowest BCUT2D eigenvalue weighted by Gasteiger charge is -2.15. The summed E-state index contributed by atoms with van der Waals surface area (Å²) in [6.45, 7) is 3.82. The van der Waals surface area contributed by atoms with E-state index >= 15 is 0 Å². The predicted octanol–water partition coefficient (Wildman–Crippen LogP) is 17.2. The van der Waals surface area contributed by atoms with Crippen molar-refractivity contribution in [2.75, 3.05) is 13.2 Å². The van der Waals surface area contributed by atoms with Gasteiger partial charge in [0.15, 0.2) is 6.10 Å². The molecule has 1 unspecified atom stereocenters. The van der Waals surface area contributed by atoms with E-state index in [1.807, 2.05) is 0 Å². The molecule has 1 N–H and O–H groups in total. The van der Waals surface area contributed by atoms with Crippen molar-refractivity contribution in [2.45, 2.75) is 174 Å². The number of allylic oxidation sites excluding steroid dienone is 30. The predicted molar refractivity (Wildman–Crippen MR) is 287 cm³/mol. The van der Waals surface area contributed by atoms with Gasteiger partial charge in [-0.3, -0.25) is 9.59 Å². The van der Waals surface area contributed by atoms with Crippen LogP contribution >= 0.6 is 0 Å². The Labute approximate surface area is 404 Å². The molecular weight excluding hydrogens is 813 g/mol. The SMILES string of the molecule is CC/C=C\C/C=C\C/C=C\C/C=C\C/C=C\C/C=C\C/C=C\C/C=C\C/C=C\CCCC(=O)OC(CO)COC(=O)CCCCCC/C=C\C/C=C\C/C=C\C/C=C\C/C=C\C/C=C\CC. The normalized spacial score (nSPS) is 13.8. The average Bonchev–Trinajstić information content (AvgIpc) is 3.32. The third-order valence-electron chi connectivity index (χ3n) is 9.69. The number of ether oxygens (including phenoxy) is 2. The molecule has 1 atom stereocenters. The van der Waals surface area contributed by atoms with E-state index in [4.69, 9.17) is 9.47 Å². The number of unbranched alkanes of at least 4 members (excludes halogenated alkanes) is 5. The first kappa shape index (κ1) is 61.0. The van der Waals surface area contributed by atoms with Crippen molar-refractivity contribution >= 4 is 11.9 Å². The van der Waals surface area contributed by atoms with E-state index in [9.17, 15) is 14.7 Å². The largest absolute Gasteiger partial charge is 0.462 e. The molecule has 0 rings (SSSR count). The van der Waals surface area contributed by atoms with Crippen molar-refractivity contribution in [2.24, 2.45) is 0 Å². The van der Waals surface area contributed by atoms with E-state index in [0.29, 0.717) is 12.8 Å². The van der Waals surface area contributed by atoms with Gasteiger partial charge in [-0.1, -0.05) is 209 Å². The second-order valence-electron chi connectivity index (χ2n) is 15.8. The molecule has 0 fully saturated rings. The maximum Gasteiger partial charge on any atom is 0.306 e. The fourth-order valence-electron chi connectivity index (χ4n) is 5.97. The average molecular weight is 903 g/mol. The monoisotopic (exact) mass is 903 g/mol. The number of carbonyl (C=O) groups is 2. The molecule has 0 aliphatic carbocycles. The first-order chi connectivity index (χ1) is 32.6. The smallest absolute Gasteiger partial charge is 0.306 e. The van der Waals surface area contributed by atoms with Crippen LogP contribution in [0.5, 0.6) is 0 Å². The van der Waals surface area contributed by atoms with Gasteiger partial charge in [0, 0.05) is 12.8 Å². The van der Waals surface area contributed by atoms with Crippen LogP contribution in [0.25, 0.3) is 0 Å². The van der Waals surface area contributed by atoms with Crippen LogP contribution in [0.2, 0.25) is 0 Å². The summed E-state index contributed by atoms with van der Waals surface area (Å²) >= 11 is 0. The van der Waals surface area contributed by atoms with Gasteiger partial charge in [0.25, 0.3) is 0 Å². The molecule has 0 aliphatic heterocycles. The van der Waals surface area contributed by atoms with E-state index in [1.54, 1.807) is 0 Å². The van der Waals surface area contributed by atoms with E-state index in [0.717, 1.165) is 135 Å². The second-order valence-corrected chi connectivity index (χ2v) is 15.8. The summed E-state index contributed by atoms with van der Waals surface area (Å²) < 4.78 is 10.6. The Morgan fingerprint density at radius 1 is 0.348 bits per heavy atom. The third kappa shape index (κ3) is 51.6. The standard InChI is InChI=1S/C61H90O5/c1-3-5-7-9-11-13-15-17-19-21-23-25-27-28-29-30-31-32-34-36-38-40-42-44-46-48-50-52-54-56-61(64)66-59(57-62)58-65-60(63)55-53-51-49-47-45-43-41-39-37-35-33-26-24-22-20-18-16-14-12-10-8-6-4-2/h5-8,11-14,17-20,23-26,28-29,31-32,35-38,41-44,48,50,59,62H,3-4,9-10,15-16,21-22,27,30,33-34,39-40,45-47,49,51-58H2,1-2H3/b7-5-,8-6-,13-11-,14-12-,19-17-,20-18-,25-23-,26-24-,29-28-,32-31-,37-35-,38-36-,43-41-,44-42-,50-48-. The highest BCUT2D eigenvalue weighted by Crippen LogP contribution is 2.09. The topological polar surface area (TPSA) is 72.8 Å². The Morgan fingerprint density at radius 3 is 0.939 bits per heavy atom. The lowest BCUT2D eigenvalue weighted by molar-refractivity contribution is -0.161. The van der Waals surface area contributed by atoms with Gasteiger partial charge in [-0.2, -0.15) is 0 Å². The highest BCUT2D eigenvalue weighted by molar-refractivity contribution is 5.70. The summed E-state index contributed by atoms with van der Waals surface area (Å²) in [6, 6.07) is 0. The number of aliphatic hydroxyl groups is 1. The van der Waals surface area contributed by atoms with Gasteiger partial charge >= 0.3 is 11.9 Å². The zero-order valence-electron chi connectivity index (χ0n) is 41.4. The minimum Gasteiger partial charge on any atom is -0.462 e. The number of esters is 2. The Hall–Kier alpha value is -5.00. The quantitative estimate of drug-likeness (QED) is 0.0375. The van der Waals surface area contributed by atoms with Gasteiger partial charge in [-0.15, -0.1) is 0 Å². The molecule has 0 saturated carbocycles. The third-order valence-corrected chi connectivity index (χ3v) is 9.69. The molecule has 0 heterocycles. The van der Waals surface area contributed by atoms with Crippen LogP contribution in [0.4, 0.5) is 0 Å². The molecule has 5 nitrogen and oxygen atoms in total. The molecule has 0 aliphatic rings. The highest BCUT2D eigenvalue weighted by atomic mass is 16.6. The van der Waals surface area contributed by atoms with Gasteiger partial charge in [0.05, 0.1) is 6.61 Å². The van der Waals surface area contributed by atoms with Gasteiger partial charge in [-0.05, 0) is 128 Å². The zero-order valence-corrected chi connectivity index (χ0v) is 41.4. The molecule has 0 spiro atoms. The molecule has 0 aromatic heterocycles. The molecule has 0 aromatic carbocycles. The van der Waals surface area contributed by atoms with E-state index in [-0.39, 0.29) is 31.6 Å². The fourth-order valence-corrected chi connectivity index (χ4v) is 5.97. The molecule has 66 heavy (non-hydrogen) atoms. The summed E-state index contributed by atoms with van der Waals surface area (Å²) in [5.74, 6) is -0.710. The first-order valence-corrected chi connectivity index (χ1v) is 25.3. The molecule has 0 bridgehead atoms. The van der Waals surface area contributed by atoms with Crippen LogP contribution < -0.4 is 0 Å². The zero-order chi connectivity index (χ0) is 47.7. The van der Waals surface area contributed by atoms with Crippen molar-refractivity contribution in [1.82, 2.24) is 0 Å². The Bertz CT molecular complexity index is 1580. The lowest BCUT2D eigenvalue weighted by atomic mass is 10.1. The molecule has 0 saturated heterocycles. The maximum absolute atomic E-state index is 12.3. The number of carbonyl (C=O) groups excluding carboxylic acids is 2. The van der Waals surface area contributed by atoms with Crippen LogP contribution in [0.3, 0.4) is 0 Å². The highest BCUT2D eigenvalue weighted by Gasteiger charge is 2.16. The van der Waals surface area contributed by atoms with E-state index in [2.05, 4.69) is 196 Å². The minimum atomic E-state index is -0.830. The molecule has 0 radical (unpaired) electrons. The van der Waals surface area contributed by atoms with Crippen LogP contribution in [0.15, 0.2) is 182 Å². The van der Waals surface area contributed by atoms with Crippen molar-refractivity contribution in [3.63, 3.8) is 0 Å². The van der Waals surface area contributed by atoms with E-state index in [1.165, 1.54) is 0 Å². The maximum atomic E-state index is 12.3. The van der Waals surface area contributed by atoms with Crippen LogP contribution in [0, 0.1) is 0 Å². The van der Waals surface area contributed by atoms with Crippen molar-refractivity contribution in [3.05, 3.63) is 182 Å².